The number of aromatic nitrogens is 4. The molecular weight excluding hydrogens is 244 g/mol. The zero-order chi connectivity index (χ0) is 12.4. The van der Waals surface area contributed by atoms with Gasteiger partial charge < -0.3 is 9.52 Å². The van der Waals surface area contributed by atoms with Crippen molar-refractivity contribution in [1.29, 1.82) is 0 Å². The number of carboxylic acid groups (broad SMARTS) is 1. The summed E-state index contributed by atoms with van der Waals surface area (Å²) in [5, 5.41) is 15.5. The molecule has 0 aliphatic rings. The lowest BCUT2D eigenvalue weighted by atomic mass is 10.3. The van der Waals surface area contributed by atoms with Crippen LogP contribution in [0.5, 0.6) is 0 Å². The number of aryl methyl sites for hydroxylation is 2. The summed E-state index contributed by atoms with van der Waals surface area (Å²) in [7, 11) is 0. The highest BCUT2D eigenvalue weighted by Crippen LogP contribution is 2.22. The van der Waals surface area contributed by atoms with Gasteiger partial charge in [0.05, 0.1) is 11.4 Å². The van der Waals surface area contributed by atoms with Crippen molar-refractivity contribution in [2.24, 2.45) is 0 Å². The summed E-state index contributed by atoms with van der Waals surface area (Å²) < 4.78 is 5.37. The number of carboxylic acids is 1. The van der Waals surface area contributed by atoms with E-state index < -0.39 is 5.97 Å². The van der Waals surface area contributed by atoms with E-state index in [2.05, 4.69) is 20.2 Å². The molecule has 0 spiro atoms. The molecule has 0 atom stereocenters. The molecule has 0 aromatic carbocycles. The molecule has 2 N–H and O–H groups in total. The first-order valence-electron chi connectivity index (χ1n) is 4.77. The van der Waals surface area contributed by atoms with Gasteiger partial charge in [0.25, 0.3) is 0 Å². The molecule has 0 saturated heterocycles. The van der Waals surface area contributed by atoms with Crippen molar-refractivity contribution in [2.45, 2.75) is 19.0 Å². The summed E-state index contributed by atoms with van der Waals surface area (Å²) in [6.45, 7) is 3.55. The molecule has 17 heavy (non-hydrogen) atoms. The van der Waals surface area contributed by atoms with E-state index in [0.29, 0.717) is 28.3 Å². The van der Waals surface area contributed by atoms with Gasteiger partial charge in [-0.25, -0.2) is 4.98 Å². The van der Waals surface area contributed by atoms with Crippen molar-refractivity contribution in [3.63, 3.8) is 0 Å². The number of hydrogen-bond donors (Lipinski definition) is 2. The third-order valence-corrected chi connectivity index (χ3v) is 2.74. The highest BCUT2D eigenvalue weighted by atomic mass is 32.2. The van der Waals surface area contributed by atoms with Crippen LogP contribution in [0.2, 0.25) is 0 Å². The van der Waals surface area contributed by atoms with Crippen LogP contribution in [0.4, 0.5) is 0 Å². The second kappa shape index (κ2) is 4.58. The highest BCUT2D eigenvalue weighted by molar-refractivity contribution is 7.99. The van der Waals surface area contributed by atoms with Gasteiger partial charge in [-0.3, -0.25) is 9.89 Å². The first-order valence-corrected chi connectivity index (χ1v) is 5.76. The van der Waals surface area contributed by atoms with Crippen LogP contribution in [-0.2, 0) is 4.79 Å². The van der Waals surface area contributed by atoms with Gasteiger partial charge in [-0.2, -0.15) is 4.98 Å². The smallest absolute Gasteiger partial charge is 0.313 e. The molecule has 2 aromatic heterocycles. The van der Waals surface area contributed by atoms with Crippen LogP contribution in [-0.4, -0.2) is 37.0 Å². The minimum atomic E-state index is -0.909. The number of oxazole rings is 1. The maximum atomic E-state index is 10.4. The van der Waals surface area contributed by atoms with Crippen molar-refractivity contribution in [2.75, 3.05) is 5.75 Å². The lowest BCUT2D eigenvalue weighted by molar-refractivity contribution is -0.133. The molecule has 0 saturated carbocycles. The predicted octanol–water partition coefficient (Wildman–Crippen LogP) is 1.25. The van der Waals surface area contributed by atoms with Gasteiger partial charge >= 0.3 is 5.97 Å². The Labute approximate surface area is 101 Å². The van der Waals surface area contributed by atoms with Crippen molar-refractivity contribution in [3.05, 3.63) is 11.6 Å². The summed E-state index contributed by atoms with van der Waals surface area (Å²) in [5.41, 5.74) is 0.716. The molecule has 7 nitrogen and oxygen atoms in total. The fourth-order valence-corrected chi connectivity index (χ4v) is 1.81. The van der Waals surface area contributed by atoms with E-state index in [1.54, 1.807) is 13.8 Å². The summed E-state index contributed by atoms with van der Waals surface area (Å²) in [6, 6.07) is 0. The fourth-order valence-electron chi connectivity index (χ4n) is 1.29. The number of nitrogens with zero attached hydrogens (tertiary/aromatic N) is 3. The lowest BCUT2D eigenvalue weighted by Crippen LogP contribution is -1.97. The molecule has 0 radical (unpaired) electrons. The van der Waals surface area contributed by atoms with Gasteiger partial charge in [-0.1, -0.05) is 11.8 Å². The topological polar surface area (TPSA) is 105 Å². The van der Waals surface area contributed by atoms with Crippen molar-refractivity contribution in [3.8, 4) is 11.6 Å². The first kappa shape index (κ1) is 11.6. The molecule has 90 valence electrons. The summed E-state index contributed by atoms with van der Waals surface area (Å²) in [4.78, 5) is 18.6. The van der Waals surface area contributed by atoms with E-state index in [-0.39, 0.29) is 5.75 Å². The second-order valence-electron chi connectivity index (χ2n) is 3.30. The average Bonchev–Trinajstić information content (AvgIpc) is 2.82. The second-order valence-corrected chi connectivity index (χ2v) is 4.24. The van der Waals surface area contributed by atoms with E-state index in [4.69, 9.17) is 9.52 Å². The minimum absolute atomic E-state index is 0.0777. The van der Waals surface area contributed by atoms with E-state index in [1.165, 1.54) is 0 Å². The Morgan fingerprint density at radius 3 is 2.82 bits per heavy atom. The quantitative estimate of drug-likeness (QED) is 0.791. The zero-order valence-corrected chi connectivity index (χ0v) is 10.0. The van der Waals surface area contributed by atoms with Gasteiger partial charge in [0.1, 0.15) is 0 Å². The molecule has 0 amide bonds. The number of hydrogen-bond acceptors (Lipinski definition) is 6. The van der Waals surface area contributed by atoms with Crippen LogP contribution in [0.3, 0.4) is 0 Å². The number of nitrogens with one attached hydrogen (secondary N) is 1. The van der Waals surface area contributed by atoms with E-state index in [1.807, 2.05) is 0 Å². The number of carbonyl (C=O) groups is 1. The Morgan fingerprint density at radius 1 is 1.47 bits per heavy atom. The predicted molar refractivity (Wildman–Crippen MR) is 59.7 cm³/mol. The molecule has 8 heteroatoms. The Bertz CT molecular complexity index is 548. The molecule has 0 unspecified atom stereocenters. The molecule has 2 aromatic rings. The van der Waals surface area contributed by atoms with Crippen LogP contribution in [0.1, 0.15) is 11.6 Å². The van der Waals surface area contributed by atoms with Crippen LogP contribution in [0.15, 0.2) is 9.57 Å². The highest BCUT2D eigenvalue weighted by Gasteiger charge is 2.14. The van der Waals surface area contributed by atoms with Crippen LogP contribution < -0.4 is 0 Å². The Balaban J connectivity index is 2.18. The molecular formula is C9H10N4O3S. The van der Waals surface area contributed by atoms with Crippen LogP contribution in [0.25, 0.3) is 11.6 Å². The molecule has 0 fully saturated rings. The Morgan fingerprint density at radius 2 is 2.24 bits per heavy atom. The summed E-state index contributed by atoms with van der Waals surface area (Å²) in [6.07, 6.45) is 0. The van der Waals surface area contributed by atoms with E-state index in [9.17, 15) is 4.79 Å². The standard InChI is InChI=1S/C9H10N4O3S/c1-4-7(16-5(2)10-4)8-11-9(13-12-8)17-3-6(14)15/h3H2,1-2H3,(H,14,15)(H,11,12,13). The zero-order valence-electron chi connectivity index (χ0n) is 9.22. The maximum absolute atomic E-state index is 10.4. The Hall–Kier alpha value is -1.83. The fraction of sp³-hybridized carbons (Fsp3) is 0.333. The third kappa shape index (κ3) is 2.64. The molecule has 0 aliphatic carbocycles. The summed E-state index contributed by atoms with van der Waals surface area (Å²) in [5.74, 6) is 0.543. The van der Waals surface area contributed by atoms with Gasteiger partial charge in [0.15, 0.2) is 17.5 Å². The van der Waals surface area contributed by atoms with Crippen molar-refractivity contribution >= 4 is 17.7 Å². The van der Waals surface area contributed by atoms with Gasteiger partial charge in [0, 0.05) is 6.92 Å². The molecule has 2 heterocycles. The van der Waals surface area contributed by atoms with Gasteiger partial charge in [0.2, 0.25) is 5.16 Å². The Kier molecular flexibility index (Phi) is 3.14. The minimum Gasteiger partial charge on any atom is -0.481 e. The molecule has 0 aliphatic heterocycles. The molecule has 2 rings (SSSR count). The summed E-state index contributed by atoms with van der Waals surface area (Å²) >= 11 is 1.04. The van der Waals surface area contributed by atoms with Gasteiger partial charge in [-0.05, 0) is 6.92 Å². The van der Waals surface area contributed by atoms with Crippen LogP contribution >= 0.6 is 11.8 Å². The number of aliphatic carboxylic acids is 1. The lowest BCUT2D eigenvalue weighted by Gasteiger charge is -1.89. The van der Waals surface area contributed by atoms with Crippen molar-refractivity contribution in [1.82, 2.24) is 20.2 Å². The normalized spacial score (nSPS) is 10.7. The number of thioether (sulfide) groups is 1. The number of H-pyrrole nitrogens is 1. The SMILES string of the molecule is Cc1nc(C)c(-c2nc(SCC(=O)O)n[nH]2)o1. The van der Waals surface area contributed by atoms with E-state index >= 15 is 0 Å². The maximum Gasteiger partial charge on any atom is 0.313 e. The van der Waals surface area contributed by atoms with Crippen LogP contribution in [0, 0.1) is 13.8 Å². The average molecular weight is 254 g/mol. The first-order chi connectivity index (χ1) is 8.06. The number of rotatable bonds is 4. The molecule has 0 bridgehead atoms. The number of aromatic amines is 1. The third-order valence-electron chi connectivity index (χ3n) is 1.91. The van der Waals surface area contributed by atoms with E-state index in [0.717, 1.165) is 11.8 Å². The van der Waals surface area contributed by atoms with Crippen molar-refractivity contribution < 1.29 is 14.3 Å². The van der Waals surface area contributed by atoms with Gasteiger partial charge in [-0.15, -0.1) is 5.10 Å². The largest absolute Gasteiger partial charge is 0.481 e. The monoisotopic (exact) mass is 254 g/mol.